The molecule has 6 nitrogen and oxygen atoms in total. The van der Waals surface area contributed by atoms with Crippen molar-refractivity contribution < 1.29 is 32.7 Å². The minimum atomic E-state index is -4.72. The molecule has 3 N–H and O–H groups in total. The number of hydrogen-bond donors (Lipinski definition) is 3. The lowest BCUT2D eigenvalue weighted by Gasteiger charge is -2.18. The van der Waals surface area contributed by atoms with Crippen LogP contribution >= 0.6 is 0 Å². The highest BCUT2D eigenvalue weighted by Crippen LogP contribution is 2.21. The Hall–Kier alpha value is -1.80. The smallest absolute Gasteiger partial charge is 0.391 e. The number of nitrogens with one attached hydrogen (secondary N) is 2. The molecular formula is C12H19F3N2O4. The van der Waals surface area contributed by atoms with Crippen LogP contribution in [0.25, 0.3) is 0 Å². The molecule has 1 atom stereocenters. The van der Waals surface area contributed by atoms with Crippen molar-refractivity contribution in [2.45, 2.75) is 45.8 Å². The Morgan fingerprint density at radius 1 is 1.10 bits per heavy atom. The van der Waals surface area contributed by atoms with Crippen LogP contribution < -0.4 is 10.6 Å². The zero-order valence-corrected chi connectivity index (χ0v) is 12.0. The monoisotopic (exact) mass is 312 g/mol. The van der Waals surface area contributed by atoms with Gasteiger partial charge in [-0.15, -0.1) is 0 Å². The van der Waals surface area contributed by atoms with Gasteiger partial charge in [-0.3, -0.25) is 9.59 Å². The first-order chi connectivity index (χ1) is 9.30. The average Bonchev–Trinajstić information content (AvgIpc) is 2.21. The van der Waals surface area contributed by atoms with E-state index in [1.807, 2.05) is 0 Å². The van der Waals surface area contributed by atoms with Crippen molar-refractivity contribution in [2.24, 2.45) is 5.41 Å². The number of alkyl halides is 3. The molecule has 0 saturated carbocycles. The summed E-state index contributed by atoms with van der Waals surface area (Å²) < 4.78 is 36.4. The Morgan fingerprint density at radius 3 is 2.00 bits per heavy atom. The fourth-order valence-electron chi connectivity index (χ4n) is 1.40. The molecule has 0 radical (unpaired) electrons. The number of carboxylic acid groups (broad SMARTS) is 1. The van der Waals surface area contributed by atoms with Gasteiger partial charge in [0.1, 0.15) is 6.04 Å². The van der Waals surface area contributed by atoms with Crippen LogP contribution in [0, 0.1) is 5.41 Å². The minimum absolute atomic E-state index is 0.130. The number of carbonyl (C=O) groups excluding carboxylic acids is 2. The molecule has 0 spiro atoms. The summed E-state index contributed by atoms with van der Waals surface area (Å²) in [5.41, 5.74) is -0.305. The van der Waals surface area contributed by atoms with E-state index in [-0.39, 0.29) is 11.8 Å². The summed E-state index contributed by atoms with van der Waals surface area (Å²) in [4.78, 5) is 33.4. The van der Waals surface area contributed by atoms with Gasteiger partial charge >= 0.3 is 12.1 Å². The SMILES string of the molecule is CC(C)(C)CC(=O)NCC(=O)NC(CC(F)(F)F)C(=O)O. The number of rotatable bonds is 6. The standard InChI is InChI=1S/C12H19F3N2O4/c1-11(2,3)5-8(18)16-6-9(19)17-7(10(20)21)4-12(13,14)15/h7H,4-6H2,1-3H3,(H,16,18)(H,17,19)(H,20,21). The molecule has 0 aliphatic carbocycles. The lowest BCUT2D eigenvalue weighted by atomic mass is 9.92. The quantitative estimate of drug-likeness (QED) is 0.683. The van der Waals surface area contributed by atoms with Crippen LogP contribution in [-0.2, 0) is 14.4 Å². The van der Waals surface area contributed by atoms with Gasteiger partial charge < -0.3 is 15.7 Å². The van der Waals surface area contributed by atoms with Gasteiger partial charge in [0.25, 0.3) is 0 Å². The van der Waals surface area contributed by atoms with Crippen molar-refractivity contribution in [1.82, 2.24) is 10.6 Å². The highest BCUT2D eigenvalue weighted by Gasteiger charge is 2.36. The van der Waals surface area contributed by atoms with Crippen LogP contribution in [0.2, 0.25) is 0 Å². The van der Waals surface area contributed by atoms with Crippen molar-refractivity contribution in [3.05, 3.63) is 0 Å². The topological polar surface area (TPSA) is 95.5 Å². The summed E-state index contributed by atoms with van der Waals surface area (Å²) in [6.45, 7) is 4.83. The van der Waals surface area contributed by atoms with E-state index in [2.05, 4.69) is 5.32 Å². The van der Waals surface area contributed by atoms with Crippen LogP contribution in [0.5, 0.6) is 0 Å². The molecule has 9 heteroatoms. The molecule has 0 rings (SSSR count). The van der Waals surface area contributed by atoms with Gasteiger partial charge in [0.2, 0.25) is 11.8 Å². The lowest BCUT2D eigenvalue weighted by Crippen LogP contribution is -2.47. The maximum Gasteiger partial charge on any atom is 0.391 e. The van der Waals surface area contributed by atoms with E-state index in [1.165, 1.54) is 0 Å². The number of amides is 2. The molecule has 0 saturated heterocycles. The second-order valence-corrected chi connectivity index (χ2v) is 5.79. The molecule has 0 fully saturated rings. The normalized spacial score (nSPS) is 13.4. The predicted octanol–water partition coefficient (Wildman–Crippen LogP) is 1.06. The summed E-state index contributed by atoms with van der Waals surface area (Å²) in [6, 6.07) is -2.07. The zero-order valence-electron chi connectivity index (χ0n) is 12.0. The number of hydrogen-bond acceptors (Lipinski definition) is 3. The fraction of sp³-hybridized carbons (Fsp3) is 0.750. The second-order valence-electron chi connectivity index (χ2n) is 5.79. The number of carbonyl (C=O) groups is 3. The largest absolute Gasteiger partial charge is 0.480 e. The molecule has 0 heterocycles. The highest BCUT2D eigenvalue weighted by molar-refractivity contribution is 5.88. The van der Waals surface area contributed by atoms with Gasteiger partial charge in [-0.1, -0.05) is 20.8 Å². The molecule has 2 amide bonds. The Labute approximate surface area is 120 Å². The Balaban J connectivity index is 4.34. The first-order valence-corrected chi connectivity index (χ1v) is 6.16. The average molecular weight is 312 g/mol. The van der Waals surface area contributed by atoms with E-state index in [1.54, 1.807) is 26.1 Å². The maximum absolute atomic E-state index is 12.1. The third-order valence-electron chi connectivity index (χ3n) is 2.21. The highest BCUT2D eigenvalue weighted by atomic mass is 19.4. The van der Waals surface area contributed by atoms with Gasteiger partial charge in [0.15, 0.2) is 0 Å². The van der Waals surface area contributed by atoms with E-state index >= 15 is 0 Å². The molecule has 0 aliphatic heterocycles. The van der Waals surface area contributed by atoms with Crippen LogP contribution in [0.15, 0.2) is 0 Å². The van der Waals surface area contributed by atoms with Crippen molar-refractivity contribution in [1.29, 1.82) is 0 Å². The summed E-state index contributed by atoms with van der Waals surface area (Å²) in [6.07, 6.45) is -6.26. The lowest BCUT2D eigenvalue weighted by molar-refractivity contribution is -0.159. The first-order valence-electron chi connectivity index (χ1n) is 6.16. The molecule has 0 aliphatic rings. The van der Waals surface area contributed by atoms with Gasteiger partial charge in [-0.2, -0.15) is 13.2 Å². The molecule has 0 aromatic heterocycles. The first kappa shape index (κ1) is 19.2. The Morgan fingerprint density at radius 2 is 1.62 bits per heavy atom. The van der Waals surface area contributed by atoms with Gasteiger partial charge in [-0.25, -0.2) is 4.79 Å². The third-order valence-corrected chi connectivity index (χ3v) is 2.21. The van der Waals surface area contributed by atoms with Crippen molar-refractivity contribution in [3.63, 3.8) is 0 Å². The predicted molar refractivity (Wildman–Crippen MR) is 67.3 cm³/mol. The molecule has 1 unspecified atom stereocenters. The number of carboxylic acids is 1. The van der Waals surface area contributed by atoms with Gasteiger partial charge in [0, 0.05) is 6.42 Å². The van der Waals surface area contributed by atoms with Crippen molar-refractivity contribution in [2.75, 3.05) is 6.54 Å². The maximum atomic E-state index is 12.1. The van der Waals surface area contributed by atoms with E-state index in [0.29, 0.717) is 0 Å². The molecule has 0 aromatic carbocycles. The van der Waals surface area contributed by atoms with Gasteiger partial charge in [0.05, 0.1) is 13.0 Å². The second kappa shape index (κ2) is 7.28. The van der Waals surface area contributed by atoms with Crippen molar-refractivity contribution >= 4 is 17.8 Å². The molecule has 0 bridgehead atoms. The summed E-state index contributed by atoms with van der Waals surface area (Å²) >= 11 is 0. The minimum Gasteiger partial charge on any atom is -0.480 e. The molecule has 122 valence electrons. The number of aliphatic carboxylic acids is 1. The summed E-state index contributed by atoms with van der Waals surface area (Å²) in [5.74, 6) is -3.23. The Bertz CT molecular complexity index is 402. The zero-order chi connectivity index (χ0) is 16.8. The Kier molecular flexibility index (Phi) is 6.65. The molecule has 0 aromatic rings. The van der Waals surface area contributed by atoms with Crippen LogP contribution in [0.1, 0.15) is 33.6 Å². The van der Waals surface area contributed by atoms with E-state index < -0.39 is 43.0 Å². The number of halogens is 3. The van der Waals surface area contributed by atoms with E-state index in [9.17, 15) is 27.6 Å². The van der Waals surface area contributed by atoms with Crippen LogP contribution in [0.4, 0.5) is 13.2 Å². The van der Waals surface area contributed by atoms with Crippen LogP contribution in [-0.4, -0.2) is 41.7 Å². The fourth-order valence-corrected chi connectivity index (χ4v) is 1.40. The van der Waals surface area contributed by atoms with E-state index in [4.69, 9.17) is 5.11 Å². The molecule has 21 heavy (non-hydrogen) atoms. The van der Waals surface area contributed by atoms with Gasteiger partial charge in [-0.05, 0) is 5.41 Å². The third kappa shape index (κ3) is 10.6. The molecular weight excluding hydrogens is 293 g/mol. The summed E-state index contributed by atoms with van der Waals surface area (Å²) in [5, 5.41) is 12.6. The van der Waals surface area contributed by atoms with E-state index in [0.717, 1.165) is 0 Å². The van der Waals surface area contributed by atoms with Crippen molar-refractivity contribution in [3.8, 4) is 0 Å². The summed E-state index contributed by atoms with van der Waals surface area (Å²) in [7, 11) is 0. The van der Waals surface area contributed by atoms with Crippen LogP contribution in [0.3, 0.4) is 0 Å².